The first-order valence-electron chi connectivity index (χ1n) is 8.98. The zero-order chi connectivity index (χ0) is 18.1. The van der Waals surface area contributed by atoms with Gasteiger partial charge in [-0.2, -0.15) is 0 Å². The first-order valence-corrected chi connectivity index (χ1v) is 10.7. The van der Waals surface area contributed by atoms with Gasteiger partial charge in [-0.15, -0.1) is 11.3 Å². The number of hydrogen-bond acceptors (Lipinski definition) is 3. The van der Waals surface area contributed by atoms with Crippen LogP contribution >= 0.6 is 27.3 Å². The predicted octanol–water partition coefficient (Wildman–Crippen LogP) is 4.17. The van der Waals surface area contributed by atoms with E-state index in [2.05, 4.69) is 33.4 Å². The summed E-state index contributed by atoms with van der Waals surface area (Å²) >= 11 is 4.92. The number of halogens is 1. The minimum Gasteiger partial charge on any atom is -0.346 e. The summed E-state index contributed by atoms with van der Waals surface area (Å²) in [5, 5.41) is 5.19. The van der Waals surface area contributed by atoms with E-state index in [1.54, 1.807) is 0 Å². The van der Waals surface area contributed by atoms with Gasteiger partial charge in [-0.25, -0.2) is 0 Å². The van der Waals surface area contributed by atoms with Gasteiger partial charge in [0.25, 0.3) is 5.91 Å². The summed E-state index contributed by atoms with van der Waals surface area (Å²) in [5.74, 6) is 0.00114. The van der Waals surface area contributed by atoms with E-state index in [1.807, 2.05) is 34.5 Å². The Bertz CT molecular complexity index is 800. The SMILES string of the molecule is O=C(NC1(c2ccc(Br)cc2)CC1)C1CCCN(C(=O)c2cccs2)C1. The highest BCUT2D eigenvalue weighted by Crippen LogP contribution is 2.46. The Morgan fingerprint density at radius 3 is 2.62 bits per heavy atom. The fraction of sp³-hybridized carbons (Fsp3) is 0.400. The molecule has 1 unspecified atom stereocenters. The maximum absolute atomic E-state index is 12.9. The van der Waals surface area contributed by atoms with Gasteiger partial charge in [-0.3, -0.25) is 9.59 Å². The Balaban J connectivity index is 1.41. The Kier molecular flexibility index (Phi) is 4.88. The van der Waals surface area contributed by atoms with Crippen LogP contribution in [-0.2, 0) is 10.3 Å². The lowest BCUT2D eigenvalue weighted by Gasteiger charge is -2.33. The van der Waals surface area contributed by atoms with Crippen LogP contribution < -0.4 is 5.32 Å². The van der Waals surface area contributed by atoms with Crippen molar-refractivity contribution in [2.75, 3.05) is 13.1 Å². The normalized spacial score (nSPS) is 21.3. The van der Waals surface area contributed by atoms with Gasteiger partial charge in [0, 0.05) is 17.6 Å². The number of likely N-dealkylation sites (tertiary alicyclic amines) is 1. The van der Waals surface area contributed by atoms with Crippen LogP contribution in [0.3, 0.4) is 0 Å². The van der Waals surface area contributed by atoms with E-state index in [0.717, 1.165) is 47.1 Å². The van der Waals surface area contributed by atoms with Crippen LogP contribution in [-0.4, -0.2) is 29.8 Å². The molecule has 4 rings (SSSR count). The number of piperidine rings is 1. The molecule has 1 N–H and O–H groups in total. The van der Waals surface area contributed by atoms with Crippen molar-refractivity contribution in [3.8, 4) is 0 Å². The molecule has 1 aromatic heterocycles. The lowest BCUT2D eigenvalue weighted by atomic mass is 9.95. The molecule has 0 bridgehead atoms. The van der Waals surface area contributed by atoms with E-state index < -0.39 is 0 Å². The molecule has 1 atom stereocenters. The summed E-state index contributed by atoms with van der Waals surface area (Å²) in [4.78, 5) is 28.1. The van der Waals surface area contributed by atoms with Crippen molar-refractivity contribution >= 4 is 39.1 Å². The van der Waals surface area contributed by atoms with Crippen LogP contribution in [0.2, 0.25) is 0 Å². The average molecular weight is 433 g/mol. The number of rotatable bonds is 4. The van der Waals surface area contributed by atoms with Crippen molar-refractivity contribution < 1.29 is 9.59 Å². The molecule has 6 heteroatoms. The molecule has 4 nitrogen and oxygen atoms in total. The molecular weight excluding hydrogens is 412 g/mol. The Morgan fingerprint density at radius 1 is 1.19 bits per heavy atom. The van der Waals surface area contributed by atoms with Crippen molar-refractivity contribution in [1.82, 2.24) is 10.2 Å². The molecular formula is C20H21BrN2O2S. The maximum atomic E-state index is 12.9. The fourth-order valence-corrected chi connectivity index (χ4v) is 4.60. The molecule has 1 aliphatic carbocycles. The minimum atomic E-state index is -0.210. The van der Waals surface area contributed by atoms with Crippen LogP contribution in [0.1, 0.15) is 40.9 Å². The number of thiophene rings is 1. The topological polar surface area (TPSA) is 49.4 Å². The minimum absolute atomic E-state index is 0.0477. The standard InChI is InChI=1S/C20H21BrN2O2S/c21-16-7-5-15(6-8-16)20(9-10-20)22-18(24)14-3-1-11-23(13-14)19(25)17-4-2-12-26-17/h2,4-8,12,14H,1,3,9-11,13H2,(H,22,24). The summed E-state index contributed by atoms with van der Waals surface area (Å²) in [7, 11) is 0. The van der Waals surface area contributed by atoms with Gasteiger partial charge in [0.15, 0.2) is 0 Å². The lowest BCUT2D eigenvalue weighted by Crippen LogP contribution is -2.47. The summed E-state index contributed by atoms with van der Waals surface area (Å²) in [6.45, 7) is 1.25. The molecule has 2 heterocycles. The van der Waals surface area contributed by atoms with E-state index in [4.69, 9.17) is 0 Å². The second-order valence-electron chi connectivity index (χ2n) is 7.15. The van der Waals surface area contributed by atoms with Crippen LogP contribution in [0, 0.1) is 5.92 Å². The monoisotopic (exact) mass is 432 g/mol. The summed E-state index contributed by atoms with van der Waals surface area (Å²) < 4.78 is 1.04. The molecule has 1 saturated carbocycles. The second kappa shape index (κ2) is 7.16. The number of carbonyl (C=O) groups is 2. The molecule has 0 radical (unpaired) electrons. The number of nitrogens with one attached hydrogen (secondary N) is 1. The van der Waals surface area contributed by atoms with E-state index in [9.17, 15) is 9.59 Å². The van der Waals surface area contributed by atoms with Crippen molar-refractivity contribution in [3.05, 3.63) is 56.7 Å². The van der Waals surface area contributed by atoms with Crippen LogP contribution in [0.5, 0.6) is 0 Å². The average Bonchev–Trinajstić information content (AvgIpc) is 3.23. The first-order chi connectivity index (χ1) is 12.6. The molecule has 2 amide bonds. The molecule has 136 valence electrons. The quantitative estimate of drug-likeness (QED) is 0.787. The van der Waals surface area contributed by atoms with Gasteiger partial charge >= 0.3 is 0 Å². The predicted molar refractivity (Wildman–Crippen MR) is 106 cm³/mol. The molecule has 2 aliphatic rings. The van der Waals surface area contributed by atoms with Crippen LogP contribution in [0.4, 0.5) is 0 Å². The smallest absolute Gasteiger partial charge is 0.263 e. The molecule has 1 aliphatic heterocycles. The van der Waals surface area contributed by atoms with E-state index in [0.29, 0.717) is 6.54 Å². The zero-order valence-electron chi connectivity index (χ0n) is 14.4. The maximum Gasteiger partial charge on any atom is 0.263 e. The number of amides is 2. The Morgan fingerprint density at radius 2 is 1.96 bits per heavy atom. The van der Waals surface area contributed by atoms with Crippen LogP contribution in [0.15, 0.2) is 46.3 Å². The van der Waals surface area contributed by atoms with Gasteiger partial charge in [0.2, 0.25) is 5.91 Å². The van der Waals surface area contributed by atoms with Gasteiger partial charge in [0.05, 0.1) is 16.3 Å². The van der Waals surface area contributed by atoms with Gasteiger partial charge in [-0.1, -0.05) is 34.1 Å². The van der Waals surface area contributed by atoms with Gasteiger partial charge in [0.1, 0.15) is 0 Å². The van der Waals surface area contributed by atoms with Crippen LogP contribution in [0.25, 0.3) is 0 Å². The number of benzene rings is 1. The van der Waals surface area contributed by atoms with Crippen molar-refractivity contribution in [3.63, 3.8) is 0 Å². The van der Waals surface area contributed by atoms with Crippen molar-refractivity contribution in [1.29, 1.82) is 0 Å². The third-order valence-corrected chi connectivity index (χ3v) is 6.71. The first kappa shape index (κ1) is 17.7. The Labute approximate surface area is 165 Å². The Hall–Kier alpha value is -1.66. The lowest BCUT2D eigenvalue weighted by molar-refractivity contribution is -0.127. The number of carbonyl (C=O) groups excluding carboxylic acids is 2. The summed E-state index contributed by atoms with van der Waals surface area (Å²) in [5.41, 5.74) is 0.953. The zero-order valence-corrected chi connectivity index (χ0v) is 16.8. The highest BCUT2D eigenvalue weighted by Gasteiger charge is 2.46. The number of hydrogen-bond donors (Lipinski definition) is 1. The highest BCUT2D eigenvalue weighted by molar-refractivity contribution is 9.10. The van der Waals surface area contributed by atoms with E-state index in [1.165, 1.54) is 11.3 Å². The molecule has 0 spiro atoms. The summed E-state index contributed by atoms with van der Waals surface area (Å²) in [6.07, 6.45) is 3.67. The molecule has 1 aromatic carbocycles. The van der Waals surface area contributed by atoms with Gasteiger partial charge < -0.3 is 10.2 Å². The highest BCUT2D eigenvalue weighted by atomic mass is 79.9. The molecule has 1 saturated heterocycles. The third kappa shape index (κ3) is 3.58. The molecule has 2 aromatic rings. The summed E-state index contributed by atoms with van der Waals surface area (Å²) in [6, 6.07) is 11.9. The van der Waals surface area contributed by atoms with E-state index in [-0.39, 0.29) is 23.3 Å². The van der Waals surface area contributed by atoms with Gasteiger partial charge in [-0.05, 0) is 54.8 Å². The van der Waals surface area contributed by atoms with Crippen molar-refractivity contribution in [2.45, 2.75) is 31.2 Å². The fourth-order valence-electron chi connectivity index (χ4n) is 3.65. The largest absolute Gasteiger partial charge is 0.346 e. The third-order valence-electron chi connectivity index (χ3n) is 5.32. The molecule has 26 heavy (non-hydrogen) atoms. The second-order valence-corrected chi connectivity index (χ2v) is 9.01. The molecule has 2 fully saturated rings. The van der Waals surface area contributed by atoms with E-state index >= 15 is 0 Å². The number of nitrogens with zero attached hydrogens (tertiary/aromatic N) is 1. The van der Waals surface area contributed by atoms with Crippen molar-refractivity contribution in [2.24, 2.45) is 5.92 Å².